The van der Waals surface area contributed by atoms with Gasteiger partial charge in [-0.1, -0.05) is 13.0 Å². The molecule has 3 heteroatoms. The molecule has 0 aromatic heterocycles. The van der Waals surface area contributed by atoms with Crippen molar-refractivity contribution in [3.05, 3.63) is 35.1 Å². The van der Waals surface area contributed by atoms with Crippen LogP contribution in [0.2, 0.25) is 0 Å². The van der Waals surface area contributed by atoms with Gasteiger partial charge in [-0.3, -0.25) is 0 Å². The van der Waals surface area contributed by atoms with Gasteiger partial charge < -0.3 is 10.2 Å². The first-order chi connectivity index (χ1) is 8.16. The molecule has 0 aliphatic carbocycles. The lowest BCUT2D eigenvalue weighted by Crippen LogP contribution is -2.44. The number of aryl methyl sites for hydroxylation is 1. The van der Waals surface area contributed by atoms with Crippen LogP contribution in [0.5, 0.6) is 0 Å². The van der Waals surface area contributed by atoms with E-state index in [1.165, 1.54) is 5.56 Å². The molecular formula is C14H21FN2. The predicted molar refractivity (Wildman–Crippen MR) is 68.9 cm³/mol. The molecule has 1 fully saturated rings. The van der Waals surface area contributed by atoms with Crippen LogP contribution in [-0.2, 0) is 0 Å². The van der Waals surface area contributed by atoms with E-state index in [2.05, 4.69) is 17.1 Å². The fourth-order valence-electron chi connectivity index (χ4n) is 2.57. The molecule has 1 saturated heterocycles. The van der Waals surface area contributed by atoms with Crippen molar-refractivity contribution in [2.45, 2.75) is 19.8 Å². The molecule has 0 spiro atoms. The lowest BCUT2D eigenvalue weighted by molar-refractivity contribution is 0.230. The first kappa shape index (κ1) is 12.5. The normalized spacial score (nSPS) is 19.2. The van der Waals surface area contributed by atoms with E-state index in [1.807, 2.05) is 13.0 Å². The van der Waals surface area contributed by atoms with Crippen LogP contribution in [0.3, 0.4) is 0 Å². The third-order valence-electron chi connectivity index (χ3n) is 3.50. The van der Waals surface area contributed by atoms with Gasteiger partial charge in [-0.25, -0.2) is 4.39 Å². The van der Waals surface area contributed by atoms with E-state index < -0.39 is 0 Å². The van der Waals surface area contributed by atoms with Gasteiger partial charge in [0, 0.05) is 32.7 Å². The maximum absolute atomic E-state index is 13.1. The molecule has 2 rings (SSSR count). The zero-order valence-electron chi connectivity index (χ0n) is 10.7. The van der Waals surface area contributed by atoms with Crippen LogP contribution in [0.1, 0.15) is 24.0 Å². The number of hydrogen-bond donors (Lipinski definition) is 1. The summed E-state index contributed by atoms with van der Waals surface area (Å²) in [6.45, 7) is 9.67. The van der Waals surface area contributed by atoms with Gasteiger partial charge in [0.15, 0.2) is 0 Å². The second-order valence-corrected chi connectivity index (χ2v) is 4.95. The third kappa shape index (κ3) is 3.27. The Labute approximate surface area is 103 Å². The fourth-order valence-corrected chi connectivity index (χ4v) is 2.57. The van der Waals surface area contributed by atoms with Crippen LogP contribution in [0.25, 0.3) is 0 Å². The molecule has 2 nitrogen and oxygen atoms in total. The topological polar surface area (TPSA) is 15.3 Å². The highest BCUT2D eigenvalue weighted by Gasteiger charge is 2.15. The maximum atomic E-state index is 13.1. The molecule has 1 aromatic rings. The Bertz CT molecular complexity index is 372. The van der Waals surface area contributed by atoms with Crippen molar-refractivity contribution in [3.63, 3.8) is 0 Å². The van der Waals surface area contributed by atoms with Crippen LogP contribution in [0.4, 0.5) is 4.39 Å². The molecule has 17 heavy (non-hydrogen) atoms. The van der Waals surface area contributed by atoms with E-state index in [-0.39, 0.29) is 5.82 Å². The van der Waals surface area contributed by atoms with Crippen LogP contribution >= 0.6 is 0 Å². The number of nitrogens with one attached hydrogen (secondary N) is 1. The second kappa shape index (κ2) is 5.61. The van der Waals surface area contributed by atoms with Gasteiger partial charge in [0.2, 0.25) is 0 Å². The molecule has 0 radical (unpaired) electrons. The molecule has 1 atom stereocenters. The Balaban J connectivity index is 2.00. The van der Waals surface area contributed by atoms with E-state index in [4.69, 9.17) is 0 Å². The Morgan fingerprint density at radius 1 is 1.35 bits per heavy atom. The van der Waals surface area contributed by atoms with Crippen LogP contribution < -0.4 is 5.32 Å². The molecule has 1 aromatic carbocycles. The lowest BCUT2D eigenvalue weighted by Gasteiger charge is -2.30. The van der Waals surface area contributed by atoms with E-state index in [0.717, 1.165) is 38.3 Å². The highest BCUT2D eigenvalue weighted by Crippen LogP contribution is 2.21. The quantitative estimate of drug-likeness (QED) is 0.865. The molecule has 0 amide bonds. The fraction of sp³-hybridized carbons (Fsp3) is 0.571. The standard InChI is InChI=1S/C14H21FN2/c1-11-9-13(15)3-4-14(11)12(2)10-17-7-5-16-6-8-17/h3-4,9,12,16H,5-8,10H2,1-2H3. The van der Waals surface area contributed by atoms with Crippen molar-refractivity contribution in [2.75, 3.05) is 32.7 Å². The molecule has 0 saturated carbocycles. The van der Waals surface area contributed by atoms with Gasteiger partial charge in [-0.05, 0) is 36.1 Å². The first-order valence-corrected chi connectivity index (χ1v) is 6.36. The molecule has 1 N–H and O–H groups in total. The Kier molecular flexibility index (Phi) is 4.13. The van der Waals surface area contributed by atoms with Crippen molar-refractivity contribution in [1.82, 2.24) is 10.2 Å². The Morgan fingerprint density at radius 3 is 2.71 bits per heavy atom. The highest BCUT2D eigenvalue weighted by molar-refractivity contribution is 5.29. The van der Waals surface area contributed by atoms with Gasteiger partial charge in [0.05, 0.1) is 0 Å². The predicted octanol–water partition coefficient (Wildman–Crippen LogP) is 2.14. The van der Waals surface area contributed by atoms with E-state index in [0.29, 0.717) is 5.92 Å². The number of benzene rings is 1. The number of halogens is 1. The highest BCUT2D eigenvalue weighted by atomic mass is 19.1. The molecule has 1 aliphatic rings. The van der Waals surface area contributed by atoms with Crippen molar-refractivity contribution in [3.8, 4) is 0 Å². The summed E-state index contributed by atoms with van der Waals surface area (Å²) in [7, 11) is 0. The summed E-state index contributed by atoms with van der Waals surface area (Å²) in [5, 5.41) is 3.36. The SMILES string of the molecule is Cc1cc(F)ccc1C(C)CN1CCNCC1. The van der Waals surface area contributed by atoms with Gasteiger partial charge in [0.25, 0.3) is 0 Å². The summed E-state index contributed by atoms with van der Waals surface area (Å²) in [5.41, 5.74) is 2.33. The third-order valence-corrected chi connectivity index (χ3v) is 3.50. The smallest absolute Gasteiger partial charge is 0.123 e. The van der Waals surface area contributed by atoms with E-state index in [9.17, 15) is 4.39 Å². The molecular weight excluding hydrogens is 215 g/mol. The summed E-state index contributed by atoms with van der Waals surface area (Å²) in [6, 6.07) is 5.12. The van der Waals surface area contributed by atoms with Crippen molar-refractivity contribution < 1.29 is 4.39 Å². The number of piperazine rings is 1. The van der Waals surface area contributed by atoms with Gasteiger partial charge in [0.1, 0.15) is 5.82 Å². The summed E-state index contributed by atoms with van der Waals surface area (Å²) in [6.07, 6.45) is 0. The first-order valence-electron chi connectivity index (χ1n) is 6.36. The summed E-state index contributed by atoms with van der Waals surface area (Å²) in [5.74, 6) is 0.328. The van der Waals surface area contributed by atoms with Gasteiger partial charge in [-0.2, -0.15) is 0 Å². The largest absolute Gasteiger partial charge is 0.314 e. The number of rotatable bonds is 3. The maximum Gasteiger partial charge on any atom is 0.123 e. The van der Waals surface area contributed by atoms with Crippen LogP contribution in [0, 0.1) is 12.7 Å². The monoisotopic (exact) mass is 236 g/mol. The van der Waals surface area contributed by atoms with Crippen molar-refractivity contribution >= 4 is 0 Å². The Hall–Kier alpha value is -0.930. The zero-order chi connectivity index (χ0) is 12.3. The lowest BCUT2D eigenvalue weighted by atomic mass is 9.95. The van der Waals surface area contributed by atoms with Crippen LogP contribution in [0.15, 0.2) is 18.2 Å². The van der Waals surface area contributed by atoms with Gasteiger partial charge >= 0.3 is 0 Å². The number of hydrogen-bond acceptors (Lipinski definition) is 2. The van der Waals surface area contributed by atoms with Gasteiger partial charge in [-0.15, -0.1) is 0 Å². The molecule has 94 valence electrons. The summed E-state index contributed by atoms with van der Waals surface area (Å²) < 4.78 is 13.1. The van der Waals surface area contributed by atoms with Crippen LogP contribution in [-0.4, -0.2) is 37.6 Å². The van der Waals surface area contributed by atoms with E-state index in [1.54, 1.807) is 12.1 Å². The van der Waals surface area contributed by atoms with E-state index >= 15 is 0 Å². The van der Waals surface area contributed by atoms with Crippen molar-refractivity contribution in [1.29, 1.82) is 0 Å². The summed E-state index contributed by atoms with van der Waals surface area (Å²) in [4.78, 5) is 2.48. The minimum atomic E-state index is -0.138. The Morgan fingerprint density at radius 2 is 2.06 bits per heavy atom. The van der Waals surface area contributed by atoms with Crippen molar-refractivity contribution in [2.24, 2.45) is 0 Å². The minimum absolute atomic E-state index is 0.138. The molecule has 0 bridgehead atoms. The molecule has 1 heterocycles. The minimum Gasteiger partial charge on any atom is -0.314 e. The second-order valence-electron chi connectivity index (χ2n) is 4.95. The molecule has 1 aliphatic heterocycles. The summed E-state index contributed by atoms with van der Waals surface area (Å²) >= 11 is 0. The average Bonchev–Trinajstić information content (AvgIpc) is 2.30. The number of nitrogens with zero attached hydrogens (tertiary/aromatic N) is 1. The molecule has 1 unspecified atom stereocenters. The zero-order valence-corrected chi connectivity index (χ0v) is 10.7. The average molecular weight is 236 g/mol.